The van der Waals surface area contributed by atoms with Crippen molar-refractivity contribution in [3.63, 3.8) is 0 Å². The van der Waals surface area contributed by atoms with E-state index in [1.807, 2.05) is 0 Å². The highest BCUT2D eigenvalue weighted by Crippen LogP contribution is 2.41. The Bertz CT molecular complexity index is 170. The van der Waals surface area contributed by atoms with E-state index in [1.54, 1.807) is 0 Å². The molecule has 1 radical (unpaired) electrons. The average molecular weight is 205 g/mol. The molecule has 2 saturated carbocycles. The third kappa shape index (κ3) is 3.01. The minimum absolute atomic E-state index is 0.948. The van der Waals surface area contributed by atoms with Crippen molar-refractivity contribution >= 4 is 7.28 Å². The second-order valence-corrected chi connectivity index (χ2v) is 6.04. The lowest BCUT2D eigenvalue weighted by Gasteiger charge is -2.35. The predicted octanol–water partition coefficient (Wildman–Crippen LogP) is 4.69. The molecule has 0 aromatic rings. The Morgan fingerprint density at radius 1 is 0.667 bits per heavy atom. The maximum Gasteiger partial charge on any atom is 0.118 e. The molecule has 0 N–H and O–H groups in total. The second-order valence-electron chi connectivity index (χ2n) is 6.04. The van der Waals surface area contributed by atoms with Gasteiger partial charge in [-0.1, -0.05) is 76.8 Å². The highest BCUT2D eigenvalue weighted by Gasteiger charge is 2.29. The van der Waals surface area contributed by atoms with E-state index in [0.29, 0.717) is 0 Å². The summed E-state index contributed by atoms with van der Waals surface area (Å²) in [6.07, 6.45) is 11.8. The smallest absolute Gasteiger partial charge is 0.0660 e. The molecule has 0 spiro atoms. The summed E-state index contributed by atoms with van der Waals surface area (Å²) in [5.74, 6) is 3.83. The molecule has 0 aromatic carbocycles. The molecule has 0 nitrogen and oxygen atoms in total. The second kappa shape index (κ2) is 5.41. The summed E-state index contributed by atoms with van der Waals surface area (Å²) >= 11 is 0. The summed E-state index contributed by atoms with van der Waals surface area (Å²) in [5, 5.41) is 0. The van der Waals surface area contributed by atoms with E-state index in [4.69, 9.17) is 0 Å². The molecule has 4 atom stereocenters. The first kappa shape index (κ1) is 11.5. The fourth-order valence-corrected chi connectivity index (χ4v) is 3.58. The highest BCUT2D eigenvalue weighted by molar-refractivity contribution is 6.39. The Morgan fingerprint density at radius 2 is 1.07 bits per heavy atom. The molecule has 0 heterocycles. The summed E-state index contributed by atoms with van der Waals surface area (Å²) in [7, 11) is 2.76. The number of hydrogen-bond acceptors (Lipinski definition) is 0. The molecule has 0 bridgehead atoms. The van der Waals surface area contributed by atoms with Crippen molar-refractivity contribution < 1.29 is 0 Å². The normalized spacial score (nSPS) is 42.5. The van der Waals surface area contributed by atoms with Gasteiger partial charge in [-0.3, -0.25) is 0 Å². The molecule has 0 saturated heterocycles. The Morgan fingerprint density at radius 3 is 1.47 bits per heavy atom. The van der Waals surface area contributed by atoms with Gasteiger partial charge in [-0.05, 0) is 11.8 Å². The van der Waals surface area contributed by atoms with Crippen LogP contribution in [0.15, 0.2) is 0 Å². The van der Waals surface area contributed by atoms with Crippen LogP contribution in [0.1, 0.15) is 65.2 Å². The summed E-state index contributed by atoms with van der Waals surface area (Å²) in [4.78, 5) is 0. The summed E-state index contributed by atoms with van der Waals surface area (Å²) in [6.45, 7) is 4.93. The van der Waals surface area contributed by atoms with Crippen molar-refractivity contribution in [1.29, 1.82) is 0 Å². The predicted molar refractivity (Wildman–Crippen MR) is 68.5 cm³/mol. The van der Waals surface area contributed by atoms with Crippen LogP contribution in [0.4, 0.5) is 0 Å². The Balaban J connectivity index is 1.83. The molecule has 2 rings (SSSR count). The largest absolute Gasteiger partial charge is 0.118 e. The van der Waals surface area contributed by atoms with Gasteiger partial charge < -0.3 is 0 Å². The van der Waals surface area contributed by atoms with Crippen molar-refractivity contribution in [2.24, 2.45) is 11.8 Å². The maximum absolute atomic E-state index is 2.76. The van der Waals surface area contributed by atoms with Crippen LogP contribution in [-0.2, 0) is 0 Å². The van der Waals surface area contributed by atoms with Crippen LogP contribution >= 0.6 is 0 Å². The van der Waals surface area contributed by atoms with Gasteiger partial charge in [-0.25, -0.2) is 0 Å². The van der Waals surface area contributed by atoms with E-state index in [2.05, 4.69) is 21.1 Å². The molecule has 0 aliphatic heterocycles. The van der Waals surface area contributed by atoms with Gasteiger partial charge in [0.1, 0.15) is 7.28 Å². The minimum Gasteiger partial charge on any atom is -0.0660 e. The van der Waals surface area contributed by atoms with Crippen molar-refractivity contribution in [2.75, 3.05) is 0 Å². The van der Waals surface area contributed by atoms with Crippen molar-refractivity contribution in [3.05, 3.63) is 0 Å². The zero-order chi connectivity index (χ0) is 10.7. The van der Waals surface area contributed by atoms with E-state index in [1.165, 1.54) is 51.4 Å². The van der Waals surface area contributed by atoms with E-state index in [0.717, 1.165) is 23.5 Å². The molecule has 15 heavy (non-hydrogen) atoms. The van der Waals surface area contributed by atoms with Crippen LogP contribution < -0.4 is 0 Å². The minimum atomic E-state index is 0.948. The number of rotatable bonds is 2. The summed E-state index contributed by atoms with van der Waals surface area (Å²) in [5.41, 5.74) is 0. The SMILES string of the molecule is C[C@@H]1CCCC[C@H]1[B][C@@H]1CCCC[C@H]1C. The van der Waals surface area contributed by atoms with E-state index in [-0.39, 0.29) is 0 Å². The topological polar surface area (TPSA) is 0 Å². The van der Waals surface area contributed by atoms with Crippen LogP contribution in [0.3, 0.4) is 0 Å². The molecular weight excluding hydrogens is 179 g/mol. The molecule has 2 aliphatic rings. The van der Waals surface area contributed by atoms with Gasteiger partial charge in [0.2, 0.25) is 0 Å². The molecular formula is C14H26B. The lowest BCUT2D eigenvalue weighted by molar-refractivity contribution is 0.353. The first-order valence-corrected chi connectivity index (χ1v) is 7.12. The maximum atomic E-state index is 2.76. The van der Waals surface area contributed by atoms with Crippen LogP contribution in [0, 0.1) is 11.8 Å². The van der Waals surface area contributed by atoms with Crippen LogP contribution in [0.2, 0.25) is 11.6 Å². The van der Waals surface area contributed by atoms with Crippen molar-refractivity contribution in [1.82, 2.24) is 0 Å². The Labute approximate surface area is 96.5 Å². The molecule has 0 amide bonds. The van der Waals surface area contributed by atoms with Gasteiger partial charge in [0.15, 0.2) is 0 Å². The van der Waals surface area contributed by atoms with Gasteiger partial charge in [0, 0.05) is 0 Å². The quantitative estimate of drug-likeness (QED) is 0.574. The zero-order valence-corrected chi connectivity index (χ0v) is 10.5. The standard InChI is InChI=1S/C14H26B/c1-11-7-3-5-9-13(11)15-14-10-6-4-8-12(14)2/h11-14H,3-10H2,1-2H3/t11-,12-,13-,14-/m1/s1. The van der Waals surface area contributed by atoms with Crippen LogP contribution in [0.5, 0.6) is 0 Å². The molecule has 2 aliphatic carbocycles. The molecule has 2 fully saturated rings. The van der Waals surface area contributed by atoms with Crippen LogP contribution in [0.25, 0.3) is 0 Å². The molecule has 1 heteroatoms. The first-order chi connectivity index (χ1) is 7.27. The average Bonchev–Trinajstić information content (AvgIpc) is 2.24. The van der Waals surface area contributed by atoms with Gasteiger partial charge in [-0.2, -0.15) is 0 Å². The highest BCUT2D eigenvalue weighted by atomic mass is 14.2. The van der Waals surface area contributed by atoms with Gasteiger partial charge >= 0.3 is 0 Å². The third-order valence-electron chi connectivity index (χ3n) is 4.85. The summed E-state index contributed by atoms with van der Waals surface area (Å²) in [6, 6.07) is 0. The van der Waals surface area contributed by atoms with Gasteiger partial charge in [0.25, 0.3) is 0 Å². The first-order valence-electron chi connectivity index (χ1n) is 7.12. The monoisotopic (exact) mass is 205 g/mol. The third-order valence-corrected chi connectivity index (χ3v) is 4.85. The van der Waals surface area contributed by atoms with E-state index in [9.17, 15) is 0 Å². The van der Waals surface area contributed by atoms with Gasteiger partial charge in [0.05, 0.1) is 0 Å². The van der Waals surface area contributed by atoms with Crippen LogP contribution in [-0.4, -0.2) is 7.28 Å². The van der Waals surface area contributed by atoms with E-state index < -0.39 is 0 Å². The fraction of sp³-hybridized carbons (Fsp3) is 1.00. The Kier molecular flexibility index (Phi) is 4.17. The lowest BCUT2D eigenvalue weighted by Crippen LogP contribution is -2.25. The van der Waals surface area contributed by atoms with Gasteiger partial charge in [-0.15, -0.1) is 0 Å². The zero-order valence-electron chi connectivity index (χ0n) is 10.5. The fourth-order valence-electron chi connectivity index (χ4n) is 3.58. The summed E-state index contributed by atoms with van der Waals surface area (Å²) < 4.78 is 0. The number of hydrogen-bond donors (Lipinski definition) is 0. The molecule has 0 unspecified atom stereocenters. The van der Waals surface area contributed by atoms with Crippen molar-refractivity contribution in [3.8, 4) is 0 Å². The Hall–Kier alpha value is 0.0649. The van der Waals surface area contributed by atoms with Crippen molar-refractivity contribution in [2.45, 2.75) is 76.8 Å². The van der Waals surface area contributed by atoms with E-state index >= 15 is 0 Å². The molecule has 85 valence electrons. The lowest BCUT2D eigenvalue weighted by atomic mass is 9.44. The molecule has 0 aromatic heterocycles.